The summed E-state index contributed by atoms with van der Waals surface area (Å²) >= 11 is 1.64. The van der Waals surface area contributed by atoms with Gasteiger partial charge in [0.25, 0.3) is 0 Å². The van der Waals surface area contributed by atoms with E-state index in [1.54, 1.807) is 42.1 Å². The van der Waals surface area contributed by atoms with Crippen LogP contribution >= 0.6 is 11.8 Å². The average molecular weight is 450 g/mol. The summed E-state index contributed by atoms with van der Waals surface area (Å²) in [6.45, 7) is 4.01. The van der Waals surface area contributed by atoms with E-state index in [1.807, 2.05) is 24.3 Å². The second kappa shape index (κ2) is 9.35. The fourth-order valence-electron chi connectivity index (χ4n) is 4.32. The van der Waals surface area contributed by atoms with E-state index in [9.17, 15) is 10.2 Å². The van der Waals surface area contributed by atoms with E-state index in [-0.39, 0.29) is 22.9 Å². The third kappa shape index (κ3) is 4.66. The highest BCUT2D eigenvalue weighted by Crippen LogP contribution is 2.54. The summed E-state index contributed by atoms with van der Waals surface area (Å²) in [5.74, 6) is 2.05. The molecule has 5 rings (SSSR count). The van der Waals surface area contributed by atoms with Crippen molar-refractivity contribution in [2.75, 3.05) is 26.2 Å². The lowest BCUT2D eigenvalue weighted by Crippen LogP contribution is -2.25. The molecule has 1 saturated heterocycles. The van der Waals surface area contributed by atoms with E-state index in [4.69, 9.17) is 9.47 Å². The standard InChI is InChI=1S/C26H27NO4S/c28-20-5-3-4-19(16-20)26-25(31-23-11-8-21(29)17-24(23)32-26)18-6-9-22(10-7-18)30-15-14-27-12-1-2-13-27/h3-11,16-17,25-26,28-29H,1-2,12-15H2/t25-,26+/m0/s1. The Bertz CT molecular complexity index is 1070. The lowest BCUT2D eigenvalue weighted by Gasteiger charge is -2.34. The topological polar surface area (TPSA) is 62.2 Å². The quantitative estimate of drug-likeness (QED) is 0.515. The monoisotopic (exact) mass is 449 g/mol. The molecule has 2 heterocycles. The molecule has 2 aliphatic heterocycles. The van der Waals surface area contributed by atoms with Crippen LogP contribution in [0.25, 0.3) is 0 Å². The molecule has 2 N–H and O–H groups in total. The molecule has 0 bridgehead atoms. The van der Waals surface area contributed by atoms with Crippen molar-refractivity contribution in [1.82, 2.24) is 4.90 Å². The molecule has 0 spiro atoms. The number of likely N-dealkylation sites (tertiary alicyclic amines) is 1. The molecule has 2 aliphatic rings. The zero-order chi connectivity index (χ0) is 21.9. The summed E-state index contributed by atoms with van der Waals surface area (Å²) in [6.07, 6.45) is 2.34. The van der Waals surface area contributed by atoms with Crippen molar-refractivity contribution in [2.45, 2.75) is 29.1 Å². The van der Waals surface area contributed by atoms with Crippen LogP contribution in [-0.4, -0.2) is 41.4 Å². The molecule has 0 saturated carbocycles. The first-order valence-corrected chi connectivity index (χ1v) is 11.9. The van der Waals surface area contributed by atoms with Crippen molar-refractivity contribution in [2.24, 2.45) is 0 Å². The van der Waals surface area contributed by atoms with Crippen LogP contribution in [0.5, 0.6) is 23.0 Å². The molecule has 0 aromatic heterocycles. The molecular weight excluding hydrogens is 422 g/mol. The molecule has 3 aromatic carbocycles. The Labute approximate surface area is 192 Å². The highest BCUT2D eigenvalue weighted by atomic mass is 32.2. The zero-order valence-corrected chi connectivity index (χ0v) is 18.6. The summed E-state index contributed by atoms with van der Waals surface area (Å²) in [5, 5.41) is 19.9. The van der Waals surface area contributed by atoms with Crippen molar-refractivity contribution < 1.29 is 19.7 Å². The fourth-order valence-corrected chi connectivity index (χ4v) is 5.64. The van der Waals surface area contributed by atoms with Crippen LogP contribution in [0, 0.1) is 0 Å². The van der Waals surface area contributed by atoms with Gasteiger partial charge in [-0.05, 0) is 79.5 Å². The number of ether oxygens (including phenoxy) is 2. The third-order valence-electron chi connectivity index (χ3n) is 5.99. The van der Waals surface area contributed by atoms with Gasteiger partial charge in [-0.3, -0.25) is 4.90 Å². The second-order valence-electron chi connectivity index (χ2n) is 8.27. The van der Waals surface area contributed by atoms with Crippen LogP contribution in [-0.2, 0) is 0 Å². The highest BCUT2D eigenvalue weighted by molar-refractivity contribution is 7.99. The number of phenols is 2. The smallest absolute Gasteiger partial charge is 0.140 e. The molecule has 0 amide bonds. The van der Waals surface area contributed by atoms with Crippen molar-refractivity contribution in [1.29, 1.82) is 0 Å². The molecule has 0 radical (unpaired) electrons. The van der Waals surface area contributed by atoms with E-state index < -0.39 is 0 Å². The maximum absolute atomic E-state index is 10.0. The minimum absolute atomic E-state index is 0.0710. The SMILES string of the molecule is Oc1cccc([C@H]2Sc3cc(O)ccc3O[C@H]2c2ccc(OCCN3CCCC3)cc2)c1. The molecule has 6 heteroatoms. The number of rotatable bonds is 6. The number of nitrogens with zero attached hydrogens (tertiary/aromatic N) is 1. The summed E-state index contributed by atoms with van der Waals surface area (Å²) in [7, 11) is 0. The van der Waals surface area contributed by atoms with Crippen LogP contribution in [0.4, 0.5) is 0 Å². The first-order chi connectivity index (χ1) is 15.7. The normalized spacial score (nSPS) is 20.5. The Balaban J connectivity index is 1.36. The van der Waals surface area contributed by atoms with Gasteiger partial charge in [-0.1, -0.05) is 24.3 Å². The fraction of sp³-hybridized carbons (Fsp3) is 0.308. The van der Waals surface area contributed by atoms with Gasteiger partial charge in [-0.15, -0.1) is 11.8 Å². The van der Waals surface area contributed by atoms with Gasteiger partial charge in [0.05, 0.1) is 10.1 Å². The lowest BCUT2D eigenvalue weighted by atomic mass is 10.00. The second-order valence-corrected chi connectivity index (χ2v) is 9.45. The molecule has 5 nitrogen and oxygen atoms in total. The number of aromatic hydroxyl groups is 2. The predicted molar refractivity (Wildman–Crippen MR) is 126 cm³/mol. The molecule has 32 heavy (non-hydrogen) atoms. The number of hydrogen-bond donors (Lipinski definition) is 2. The summed E-state index contributed by atoms with van der Waals surface area (Å²) < 4.78 is 12.4. The highest BCUT2D eigenvalue weighted by Gasteiger charge is 2.34. The summed E-state index contributed by atoms with van der Waals surface area (Å²) in [6, 6.07) is 20.6. The van der Waals surface area contributed by atoms with Gasteiger partial charge in [-0.2, -0.15) is 0 Å². The Morgan fingerprint density at radius 3 is 2.47 bits per heavy atom. The Kier molecular flexibility index (Phi) is 6.14. The van der Waals surface area contributed by atoms with Gasteiger partial charge in [-0.25, -0.2) is 0 Å². The van der Waals surface area contributed by atoms with Gasteiger partial charge < -0.3 is 19.7 Å². The van der Waals surface area contributed by atoms with Crippen molar-refractivity contribution >= 4 is 11.8 Å². The van der Waals surface area contributed by atoms with Gasteiger partial charge >= 0.3 is 0 Å². The van der Waals surface area contributed by atoms with Crippen molar-refractivity contribution in [3.05, 3.63) is 77.9 Å². The third-order valence-corrected chi connectivity index (χ3v) is 7.34. The van der Waals surface area contributed by atoms with E-state index >= 15 is 0 Å². The number of fused-ring (bicyclic) bond motifs is 1. The number of benzene rings is 3. The minimum atomic E-state index is -0.238. The Hall–Kier alpha value is -2.83. The maximum atomic E-state index is 10.0. The van der Waals surface area contributed by atoms with Crippen molar-refractivity contribution in [3.63, 3.8) is 0 Å². The maximum Gasteiger partial charge on any atom is 0.140 e. The number of phenolic OH excluding ortho intramolecular Hbond substituents is 2. The van der Waals surface area contributed by atoms with Crippen LogP contribution in [0.15, 0.2) is 71.6 Å². The zero-order valence-electron chi connectivity index (χ0n) is 17.8. The summed E-state index contributed by atoms with van der Waals surface area (Å²) in [5.41, 5.74) is 2.01. The summed E-state index contributed by atoms with van der Waals surface area (Å²) in [4.78, 5) is 3.33. The van der Waals surface area contributed by atoms with Crippen LogP contribution in [0.3, 0.4) is 0 Å². The Morgan fingerprint density at radius 1 is 0.906 bits per heavy atom. The largest absolute Gasteiger partial charge is 0.508 e. The molecule has 2 atom stereocenters. The molecule has 0 unspecified atom stereocenters. The van der Waals surface area contributed by atoms with E-state index in [2.05, 4.69) is 17.0 Å². The average Bonchev–Trinajstić information content (AvgIpc) is 3.32. The lowest BCUT2D eigenvalue weighted by molar-refractivity contribution is 0.190. The first kappa shape index (κ1) is 21.0. The number of hydrogen-bond acceptors (Lipinski definition) is 6. The van der Waals surface area contributed by atoms with Crippen molar-refractivity contribution in [3.8, 4) is 23.0 Å². The predicted octanol–water partition coefficient (Wildman–Crippen LogP) is 5.54. The Morgan fingerprint density at radius 2 is 1.69 bits per heavy atom. The number of thioether (sulfide) groups is 1. The van der Waals surface area contributed by atoms with Crippen LogP contribution in [0.1, 0.15) is 35.3 Å². The first-order valence-electron chi connectivity index (χ1n) is 11.1. The van der Waals surface area contributed by atoms with Crippen LogP contribution in [0.2, 0.25) is 0 Å². The molecule has 3 aromatic rings. The molecule has 0 aliphatic carbocycles. The van der Waals surface area contributed by atoms with Gasteiger partial charge in [0, 0.05) is 6.54 Å². The van der Waals surface area contributed by atoms with E-state index in [0.717, 1.165) is 34.1 Å². The van der Waals surface area contributed by atoms with Gasteiger partial charge in [0.1, 0.15) is 35.7 Å². The van der Waals surface area contributed by atoms with Crippen LogP contribution < -0.4 is 9.47 Å². The minimum Gasteiger partial charge on any atom is -0.508 e. The molecular formula is C26H27NO4S. The van der Waals surface area contributed by atoms with E-state index in [0.29, 0.717) is 6.61 Å². The van der Waals surface area contributed by atoms with Gasteiger partial charge in [0.15, 0.2) is 0 Å². The molecule has 1 fully saturated rings. The van der Waals surface area contributed by atoms with Gasteiger partial charge in [0.2, 0.25) is 0 Å². The van der Waals surface area contributed by atoms with E-state index in [1.165, 1.54) is 25.9 Å². The molecule has 166 valence electrons.